The van der Waals surface area contributed by atoms with Crippen LogP contribution in [0.15, 0.2) is 36.4 Å². The topological polar surface area (TPSA) is 40.5 Å². The Morgan fingerprint density at radius 1 is 1.00 bits per heavy atom. The summed E-state index contributed by atoms with van der Waals surface area (Å²) in [6, 6.07) is 11.5. The van der Waals surface area contributed by atoms with E-state index in [0.29, 0.717) is 5.30 Å². The summed E-state index contributed by atoms with van der Waals surface area (Å²) in [6.07, 6.45) is 0. The van der Waals surface area contributed by atoms with Gasteiger partial charge in [0, 0.05) is 15.1 Å². The van der Waals surface area contributed by atoms with E-state index >= 15 is 0 Å². The van der Waals surface area contributed by atoms with E-state index in [0.717, 1.165) is 5.56 Å². The molecule has 0 spiro atoms. The fourth-order valence-electron chi connectivity index (χ4n) is 1.35. The summed E-state index contributed by atoms with van der Waals surface area (Å²) in [5.74, 6) is 0. The second kappa shape index (κ2) is 4.42. The maximum absolute atomic E-state index is 9.01. The number of benzene rings is 1. The van der Waals surface area contributed by atoms with E-state index in [4.69, 9.17) is 9.79 Å². The van der Waals surface area contributed by atoms with Gasteiger partial charge in [-0.1, -0.05) is 12.1 Å². The van der Waals surface area contributed by atoms with Crippen molar-refractivity contribution in [3.63, 3.8) is 0 Å². The van der Waals surface area contributed by atoms with Gasteiger partial charge in [0.1, 0.15) is 0 Å². The minimum absolute atomic E-state index is 0.585. The molecule has 15 heavy (non-hydrogen) atoms. The lowest BCUT2D eigenvalue weighted by atomic mass is 10.2. The molecule has 0 bridgehead atoms. The molecule has 2 rings (SSSR count). The summed E-state index contributed by atoms with van der Waals surface area (Å²) in [6.45, 7) is 2.07. The van der Waals surface area contributed by atoms with Crippen molar-refractivity contribution in [3.05, 3.63) is 41.3 Å². The molecule has 0 aliphatic carbocycles. The van der Waals surface area contributed by atoms with Crippen LogP contribution in [-0.4, -0.2) is 9.79 Å². The van der Waals surface area contributed by atoms with Crippen LogP contribution in [-0.2, 0) is 0 Å². The average molecular weight is 238 g/mol. The third kappa shape index (κ3) is 2.44. The lowest BCUT2D eigenvalue weighted by Gasteiger charge is -2.03. The Bertz CT molecular complexity index is 448. The van der Waals surface area contributed by atoms with Crippen LogP contribution in [0.5, 0.6) is 0 Å². The Labute approximate surface area is 93.8 Å². The van der Waals surface area contributed by atoms with Gasteiger partial charge in [-0.05, 0) is 36.8 Å². The molecule has 0 saturated carbocycles. The first-order valence-electron chi connectivity index (χ1n) is 4.51. The van der Waals surface area contributed by atoms with Crippen LogP contribution in [0.25, 0.3) is 10.4 Å². The van der Waals surface area contributed by atoms with Gasteiger partial charge in [0.05, 0.1) is 0 Å². The Morgan fingerprint density at radius 3 is 2.13 bits per heavy atom. The second-order valence-corrected chi connectivity index (χ2v) is 5.63. The molecule has 1 aromatic heterocycles. The molecule has 2 N–H and O–H groups in total. The number of hydrogen-bond acceptors (Lipinski definition) is 3. The van der Waals surface area contributed by atoms with Gasteiger partial charge in [-0.15, -0.1) is 11.3 Å². The highest BCUT2D eigenvalue weighted by Gasteiger charge is 2.04. The second-order valence-electron chi connectivity index (χ2n) is 3.25. The van der Waals surface area contributed by atoms with Crippen molar-refractivity contribution in [1.82, 2.24) is 0 Å². The predicted molar refractivity (Wildman–Crippen MR) is 65.5 cm³/mol. The molecular weight excluding hydrogens is 227 g/mol. The molecule has 0 aliphatic rings. The van der Waals surface area contributed by atoms with Gasteiger partial charge in [0.15, 0.2) is 8.38 Å². The fourth-order valence-corrected chi connectivity index (χ4v) is 2.64. The van der Waals surface area contributed by atoms with E-state index in [-0.39, 0.29) is 0 Å². The van der Waals surface area contributed by atoms with Crippen molar-refractivity contribution in [2.75, 3.05) is 0 Å². The lowest BCUT2D eigenvalue weighted by Crippen LogP contribution is -1.97. The molecule has 0 amide bonds. The van der Waals surface area contributed by atoms with E-state index in [1.165, 1.54) is 9.75 Å². The van der Waals surface area contributed by atoms with Gasteiger partial charge in [0.2, 0.25) is 0 Å². The summed E-state index contributed by atoms with van der Waals surface area (Å²) in [4.78, 5) is 20.5. The van der Waals surface area contributed by atoms with Crippen molar-refractivity contribution >= 4 is 25.0 Å². The molecule has 0 atom stereocenters. The summed E-state index contributed by atoms with van der Waals surface area (Å²) in [5.41, 5.74) is 1.12. The van der Waals surface area contributed by atoms with E-state index in [2.05, 4.69) is 19.1 Å². The lowest BCUT2D eigenvalue weighted by molar-refractivity contribution is 0.497. The predicted octanol–water partition coefficient (Wildman–Crippen LogP) is 2.65. The van der Waals surface area contributed by atoms with Crippen LogP contribution in [0.4, 0.5) is 0 Å². The molecule has 1 aromatic carbocycles. The maximum Gasteiger partial charge on any atom is 0.199 e. The Morgan fingerprint density at radius 2 is 1.67 bits per heavy atom. The number of rotatable bonds is 2. The van der Waals surface area contributed by atoms with Gasteiger partial charge in [0.25, 0.3) is 0 Å². The number of hydrogen-bond donors (Lipinski definition) is 2. The molecule has 0 fully saturated rings. The number of thiophene rings is 1. The molecule has 0 radical (unpaired) electrons. The highest BCUT2D eigenvalue weighted by molar-refractivity contribution is 7.54. The van der Waals surface area contributed by atoms with Crippen LogP contribution in [0.3, 0.4) is 0 Å². The summed E-state index contributed by atoms with van der Waals surface area (Å²) in [7, 11) is -1.97. The third-order valence-corrected chi connectivity index (χ3v) is 3.93. The first-order valence-corrected chi connectivity index (χ1v) is 6.58. The fraction of sp³-hybridized carbons (Fsp3) is 0.0909. The summed E-state index contributed by atoms with van der Waals surface area (Å²) < 4.78 is 0. The van der Waals surface area contributed by atoms with Gasteiger partial charge in [-0.3, -0.25) is 0 Å². The van der Waals surface area contributed by atoms with E-state index in [1.54, 1.807) is 23.5 Å². The molecular formula is C11H11O2PS. The van der Waals surface area contributed by atoms with Crippen molar-refractivity contribution < 1.29 is 9.79 Å². The van der Waals surface area contributed by atoms with Crippen LogP contribution >= 0.6 is 19.7 Å². The molecule has 78 valence electrons. The van der Waals surface area contributed by atoms with Crippen molar-refractivity contribution in [2.24, 2.45) is 0 Å². The molecule has 0 unspecified atom stereocenters. The number of aryl methyl sites for hydroxylation is 1. The zero-order valence-electron chi connectivity index (χ0n) is 8.21. The monoisotopic (exact) mass is 238 g/mol. The van der Waals surface area contributed by atoms with E-state index in [1.807, 2.05) is 12.1 Å². The summed E-state index contributed by atoms with van der Waals surface area (Å²) in [5, 5.41) is 0.585. The van der Waals surface area contributed by atoms with Gasteiger partial charge in [-0.25, -0.2) is 0 Å². The van der Waals surface area contributed by atoms with Gasteiger partial charge in [-0.2, -0.15) is 0 Å². The zero-order chi connectivity index (χ0) is 10.8. The summed E-state index contributed by atoms with van der Waals surface area (Å²) >= 11 is 1.74. The van der Waals surface area contributed by atoms with E-state index < -0.39 is 8.38 Å². The van der Waals surface area contributed by atoms with Crippen molar-refractivity contribution in [1.29, 1.82) is 0 Å². The minimum atomic E-state index is -1.97. The third-order valence-electron chi connectivity index (χ3n) is 2.12. The quantitative estimate of drug-likeness (QED) is 0.790. The molecule has 2 nitrogen and oxygen atoms in total. The standard InChI is InChI=1S/C11H11O2PS/c1-8-2-7-11(15-8)9-3-5-10(6-4-9)14(12)13/h2-7,12-13H,1H3. The van der Waals surface area contributed by atoms with Crippen molar-refractivity contribution in [2.45, 2.75) is 6.92 Å². The van der Waals surface area contributed by atoms with Crippen LogP contribution in [0.1, 0.15) is 4.88 Å². The van der Waals surface area contributed by atoms with Gasteiger partial charge >= 0.3 is 0 Å². The SMILES string of the molecule is Cc1ccc(-c2ccc(P(O)O)cc2)s1. The minimum Gasteiger partial charge on any atom is -0.347 e. The molecule has 2 aromatic rings. The normalized spacial score (nSPS) is 10.9. The molecule has 4 heteroatoms. The Balaban J connectivity index is 2.31. The maximum atomic E-state index is 9.01. The molecule has 1 heterocycles. The van der Waals surface area contributed by atoms with Crippen molar-refractivity contribution in [3.8, 4) is 10.4 Å². The highest BCUT2D eigenvalue weighted by Crippen LogP contribution is 2.29. The first-order chi connectivity index (χ1) is 7.16. The Kier molecular flexibility index (Phi) is 3.17. The van der Waals surface area contributed by atoms with Crippen LogP contribution in [0, 0.1) is 6.92 Å². The molecule has 0 aliphatic heterocycles. The largest absolute Gasteiger partial charge is 0.347 e. The zero-order valence-corrected chi connectivity index (χ0v) is 9.92. The highest BCUT2D eigenvalue weighted by atomic mass is 32.1. The van der Waals surface area contributed by atoms with Gasteiger partial charge < -0.3 is 9.79 Å². The van der Waals surface area contributed by atoms with Crippen LogP contribution < -0.4 is 5.30 Å². The van der Waals surface area contributed by atoms with Crippen LogP contribution in [0.2, 0.25) is 0 Å². The Hall–Kier alpha value is -0.730. The molecule has 0 saturated heterocycles. The smallest absolute Gasteiger partial charge is 0.199 e. The first kappa shape index (κ1) is 10.8. The average Bonchev–Trinajstić information content (AvgIpc) is 2.65. The van der Waals surface area contributed by atoms with E-state index in [9.17, 15) is 0 Å².